The molecular weight excluding hydrogens is 295 g/mol. The highest BCUT2D eigenvalue weighted by molar-refractivity contribution is 6.30. The Bertz CT molecular complexity index is 422. The molecule has 1 amide bonds. The first-order chi connectivity index (χ1) is 9.19. The zero-order valence-electron chi connectivity index (χ0n) is 11.8. The summed E-state index contributed by atoms with van der Waals surface area (Å²) in [4.78, 5) is 14.2. The van der Waals surface area contributed by atoms with E-state index in [0.29, 0.717) is 12.5 Å². The van der Waals surface area contributed by atoms with E-state index in [9.17, 15) is 4.79 Å². The molecule has 2 rings (SSSR count). The normalized spacial score (nSPS) is 18.5. The molecule has 1 saturated heterocycles. The Labute approximate surface area is 132 Å². The number of amides is 1. The monoisotopic (exact) mass is 316 g/mol. The van der Waals surface area contributed by atoms with Crippen LogP contribution in [0.4, 0.5) is 0 Å². The van der Waals surface area contributed by atoms with Crippen LogP contribution in [-0.2, 0) is 11.2 Å². The Balaban J connectivity index is 0.00000200. The maximum absolute atomic E-state index is 12.2. The fraction of sp³-hybridized carbons (Fsp3) is 0.533. The summed E-state index contributed by atoms with van der Waals surface area (Å²) in [6.45, 7) is 1.74. The highest BCUT2D eigenvalue weighted by Gasteiger charge is 2.21. The highest BCUT2D eigenvalue weighted by atomic mass is 35.5. The van der Waals surface area contributed by atoms with Gasteiger partial charge in [0, 0.05) is 30.6 Å². The lowest BCUT2D eigenvalue weighted by atomic mass is 10.0. The van der Waals surface area contributed by atoms with Gasteiger partial charge < -0.3 is 10.2 Å². The Morgan fingerprint density at radius 1 is 1.40 bits per heavy atom. The quantitative estimate of drug-likeness (QED) is 0.926. The van der Waals surface area contributed by atoms with Crippen LogP contribution in [0.1, 0.15) is 24.8 Å². The first kappa shape index (κ1) is 17.3. The van der Waals surface area contributed by atoms with Gasteiger partial charge in [-0.25, -0.2) is 0 Å². The van der Waals surface area contributed by atoms with Crippen LogP contribution in [0.25, 0.3) is 0 Å². The molecule has 1 atom stereocenters. The Morgan fingerprint density at radius 2 is 2.10 bits per heavy atom. The van der Waals surface area contributed by atoms with Crippen LogP contribution in [0.5, 0.6) is 0 Å². The number of nitrogens with zero attached hydrogens (tertiary/aromatic N) is 1. The van der Waals surface area contributed by atoms with E-state index in [1.54, 1.807) is 0 Å². The summed E-state index contributed by atoms with van der Waals surface area (Å²) < 4.78 is 0. The number of piperidine rings is 1. The van der Waals surface area contributed by atoms with Gasteiger partial charge in [-0.15, -0.1) is 12.4 Å². The molecule has 112 valence electrons. The summed E-state index contributed by atoms with van der Waals surface area (Å²) in [5, 5.41) is 4.00. The van der Waals surface area contributed by atoms with Gasteiger partial charge in [-0.05, 0) is 44.0 Å². The standard InChI is InChI=1S/C15H21ClN2O.ClH/c1-17-14-3-2-10-18(11-14)15(19)9-6-12-4-7-13(16)8-5-12;/h4-5,7-8,14,17H,2-3,6,9-11H2,1H3;1H. The lowest BCUT2D eigenvalue weighted by Crippen LogP contribution is -2.47. The third kappa shape index (κ3) is 4.97. The van der Waals surface area contributed by atoms with Crippen molar-refractivity contribution in [3.8, 4) is 0 Å². The van der Waals surface area contributed by atoms with Gasteiger partial charge in [-0.1, -0.05) is 23.7 Å². The number of rotatable bonds is 4. The average molecular weight is 317 g/mol. The van der Waals surface area contributed by atoms with E-state index in [-0.39, 0.29) is 18.3 Å². The largest absolute Gasteiger partial charge is 0.341 e. The molecular formula is C15H22Cl2N2O. The second-order valence-corrected chi connectivity index (χ2v) is 5.53. The van der Waals surface area contributed by atoms with Gasteiger partial charge in [0.05, 0.1) is 0 Å². The van der Waals surface area contributed by atoms with Gasteiger partial charge >= 0.3 is 0 Å². The average Bonchev–Trinajstić information content (AvgIpc) is 2.46. The van der Waals surface area contributed by atoms with E-state index < -0.39 is 0 Å². The van der Waals surface area contributed by atoms with Gasteiger partial charge in [-0.3, -0.25) is 4.79 Å². The number of aryl methyl sites for hydroxylation is 1. The number of benzene rings is 1. The molecule has 20 heavy (non-hydrogen) atoms. The number of hydrogen-bond acceptors (Lipinski definition) is 2. The molecule has 0 aliphatic carbocycles. The number of hydrogen-bond donors (Lipinski definition) is 1. The summed E-state index contributed by atoms with van der Waals surface area (Å²) in [5.41, 5.74) is 1.17. The van der Waals surface area contributed by atoms with E-state index in [2.05, 4.69) is 5.32 Å². The SMILES string of the molecule is CNC1CCCN(C(=O)CCc2ccc(Cl)cc2)C1.Cl. The predicted octanol–water partition coefficient (Wildman–Crippen LogP) is 2.90. The Morgan fingerprint density at radius 3 is 2.75 bits per heavy atom. The summed E-state index contributed by atoms with van der Waals surface area (Å²) >= 11 is 5.85. The van der Waals surface area contributed by atoms with E-state index >= 15 is 0 Å². The minimum absolute atomic E-state index is 0. The third-order valence-corrected chi connectivity index (χ3v) is 3.98. The van der Waals surface area contributed by atoms with Gasteiger partial charge in [-0.2, -0.15) is 0 Å². The van der Waals surface area contributed by atoms with Crippen LogP contribution in [-0.4, -0.2) is 37.0 Å². The van der Waals surface area contributed by atoms with Gasteiger partial charge in [0.25, 0.3) is 0 Å². The molecule has 1 aliphatic heterocycles. The molecule has 1 fully saturated rings. The number of likely N-dealkylation sites (N-methyl/N-ethyl adjacent to an activating group) is 1. The van der Waals surface area contributed by atoms with Crippen LogP contribution in [0.2, 0.25) is 5.02 Å². The van der Waals surface area contributed by atoms with Crippen molar-refractivity contribution in [3.63, 3.8) is 0 Å². The molecule has 0 radical (unpaired) electrons. The molecule has 0 aromatic heterocycles. The van der Waals surface area contributed by atoms with Gasteiger partial charge in [0.15, 0.2) is 0 Å². The van der Waals surface area contributed by atoms with Crippen molar-refractivity contribution in [2.24, 2.45) is 0 Å². The fourth-order valence-electron chi connectivity index (χ4n) is 2.50. The molecule has 1 N–H and O–H groups in total. The van der Waals surface area contributed by atoms with E-state index in [0.717, 1.165) is 37.4 Å². The molecule has 5 heteroatoms. The smallest absolute Gasteiger partial charge is 0.222 e. The lowest BCUT2D eigenvalue weighted by Gasteiger charge is -2.32. The Kier molecular flexibility index (Phi) is 7.35. The molecule has 1 aromatic rings. The molecule has 1 aliphatic rings. The van der Waals surface area contributed by atoms with Crippen molar-refractivity contribution in [2.45, 2.75) is 31.7 Å². The number of nitrogens with one attached hydrogen (secondary N) is 1. The molecule has 1 unspecified atom stereocenters. The number of carbonyl (C=O) groups is 1. The van der Waals surface area contributed by atoms with Crippen molar-refractivity contribution in [1.29, 1.82) is 0 Å². The summed E-state index contributed by atoms with van der Waals surface area (Å²) in [7, 11) is 1.96. The molecule has 1 heterocycles. The van der Waals surface area contributed by atoms with Crippen LogP contribution in [0, 0.1) is 0 Å². The van der Waals surface area contributed by atoms with E-state index in [1.165, 1.54) is 5.56 Å². The van der Waals surface area contributed by atoms with Crippen LogP contribution >= 0.6 is 24.0 Å². The molecule has 3 nitrogen and oxygen atoms in total. The van der Waals surface area contributed by atoms with Crippen LogP contribution in [0.3, 0.4) is 0 Å². The van der Waals surface area contributed by atoms with Crippen molar-refractivity contribution >= 4 is 29.9 Å². The van der Waals surface area contributed by atoms with Crippen molar-refractivity contribution in [2.75, 3.05) is 20.1 Å². The summed E-state index contributed by atoms with van der Waals surface area (Å²) in [6.07, 6.45) is 3.63. The van der Waals surface area contributed by atoms with Crippen molar-refractivity contribution in [3.05, 3.63) is 34.9 Å². The first-order valence-electron chi connectivity index (χ1n) is 6.88. The zero-order valence-corrected chi connectivity index (χ0v) is 13.3. The molecule has 0 bridgehead atoms. The summed E-state index contributed by atoms with van der Waals surface area (Å²) in [5.74, 6) is 0.259. The fourth-order valence-corrected chi connectivity index (χ4v) is 2.63. The second kappa shape index (κ2) is 8.50. The predicted molar refractivity (Wildman–Crippen MR) is 85.7 cm³/mol. The molecule has 1 aromatic carbocycles. The number of halogens is 2. The van der Waals surface area contributed by atoms with Gasteiger partial charge in [0.2, 0.25) is 5.91 Å². The van der Waals surface area contributed by atoms with Gasteiger partial charge in [0.1, 0.15) is 0 Å². The van der Waals surface area contributed by atoms with Crippen LogP contribution < -0.4 is 5.32 Å². The minimum Gasteiger partial charge on any atom is -0.341 e. The number of likely N-dealkylation sites (tertiary alicyclic amines) is 1. The third-order valence-electron chi connectivity index (χ3n) is 3.72. The summed E-state index contributed by atoms with van der Waals surface area (Å²) in [6, 6.07) is 8.18. The minimum atomic E-state index is 0. The van der Waals surface area contributed by atoms with Crippen molar-refractivity contribution in [1.82, 2.24) is 10.2 Å². The van der Waals surface area contributed by atoms with Crippen LogP contribution in [0.15, 0.2) is 24.3 Å². The first-order valence-corrected chi connectivity index (χ1v) is 7.26. The number of carbonyl (C=O) groups excluding carboxylic acids is 1. The van der Waals surface area contributed by atoms with E-state index in [4.69, 9.17) is 11.6 Å². The zero-order chi connectivity index (χ0) is 13.7. The maximum atomic E-state index is 12.2. The van der Waals surface area contributed by atoms with Crippen molar-refractivity contribution < 1.29 is 4.79 Å². The highest BCUT2D eigenvalue weighted by Crippen LogP contribution is 2.14. The Hall–Kier alpha value is -0.770. The lowest BCUT2D eigenvalue weighted by molar-refractivity contribution is -0.132. The second-order valence-electron chi connectivity index (χ2n) is 5.09. The molecule has 0 saturated carbocycles. The molecule has 0 spiro atoms. The van der Waals surface area contributed by atoms with E-state index in [1.807, 2.05) is 36.2 Å². The topological polar surface area (TPSA) is 32.3 Å². The maximum Gasteiger partial charge on any atom is 0.222 e.